The van der Waals surface area contributed by atoms with Crippen molar-refractivity contribution in [2.75, 3.05) is 13.7 Å². The van der Waals surface area contributed by atoms with E-state index in [1.807, 2.05) is 6.92 Å². The highest BCUT2D eigenvalue weighted by Gasteiger charge is 2.19. The van der Waals surface area contributed by atoms with Crippen LogP contribution in [0.3, 0.4) is 0 Å². The van der Waals surface area contributed by atoms with Crippen LogP contribution in [0.25, 0.3) is 0 Å². The van der Waals surface area contributed by atoms with Gasteiger partial charge in [0.25, 0.3) is 0 Å². The van der Waals surface area contributed by atoms with Gasteiger partial charge in [-0.2, -0.15) is 0 Å². The third-order valence-corrected chi connectivity index (χ3v) is 3.60. The molecule has 0 spiro atoms. The van der Waals surface area contributed by atoms with E-state index in [9.17, 15) is 4.79 Å². The van der Waals surface area contributed by atoms with Crippen LogP contribution in [0.1, 0.15) is 72.6 Å². The van der Waals surface area contributed by atoms with Crippen molar-refractivity contribution in [3.05, 3.63) is 0 Å². The smallest absolute Gasteiger partial charge is 0.222 e. The molecule has 0 aromatic heterocycles. The molecule has 19 heavy (non-hydrogen) atoms. The van der Waals surface area contributed by atoms with E-state index in [1.54, 1.807) is 7.05 Å². The van der Waals surface area contributed by atoms with Gasteiger partial charge in [-0.25, -0.2) is 0 Å². The van der Waals surface area contributed by atoms with Crippen molar-refractivity contribution in [3.63, 3.8) is 0 Å². The molecule has 1 N–H and O–H groups in total. The Bertz CT molecular complexity index is 239. The minimum atomic E-state index is -0.0609. The van der Waals surface area contributed by atoms with Crippen molar-refractivity contribution in [1.29, 1.82) is 0 Å². The SMILES string of the molecule is CCCCCCOC(C)(C)CCCC(C)C(=O)NC. The third-order valence-electron chi connectivity index (χ3n) is 3.60. The zero-order chi connectivity index (χ0) is 14.7. The largest absolute Gasteiger partial charge is 0.376 e. The van der Waals surface area contributed by atoms with Crippen molar-refractivity contribution in [3.8, 4) is 0 Å². The average molecular weight is 271 g/mol. The maximum Gasteiger partial charge on any atom is 0.222 e. The van der Waals surface area contributed by atoms with Crippen LogP contribution in [0.2, 0.25) is 0 Å². The molecule has 0 fully saturated rings. The molecule has 1 unspecified atom stereocenters. The topological polar surface area (TPSA) is 38.3 Å². The maximum atomic E-state index is 11.4. The van der Waals surface area contributed by atoms with Crippen LogP contribution in [0.5, 0.6) is 0 Å². The van der Waals surface area contributed by atoms with E-state index in [-0.39, 0.29) is 17.4 Å². The third kappa shape index (κ3) is 9.94. The van der Waals surface area contributed by atoms with E-state index >= 15 is 0 Å². The summed E-state index contributed by atoms with van der Waals surface area (Å²) in [5, 5.41) is 2.70. The highest BCUT2D eigenvalue weighted by Crippen LogP contribution is 2.20. The van der Waals surface area contributed by atoms with Gasteiger partial charge in [0, 0.05) is 19.6 Å². The molecule has 3 nitrogen and oxygen atoms in total. The predicted molar refractivity (Wildman–Crippen MR) is 81.3 cm³/mol. The number of unbranched alkanes of at least 4 members (excludes halogenated alkanes) is 3. The first-order valence-electron chi connectivity index (χ1n) is 7.78. The van der Waals surface area contributed by atoms with Gasteiger partial charge < -0.3 is 10.1 Å². The Morgan fingerprint density at radius 3 is 2.47 bits per heavy atom. The van der Waals surface area contributed by atoms with E-state index in [1.165, 1.54) is 19.3 Å². The summed E-state index contributed by atoms with van der Waals surface area (Å²) < 4.78 is 5.94. The maximum absolute atomic E-state index is 11.4. The molecule has 0 aliphatic heterocycles. The van der Waals surface area contributed by atoms with Crippen LogP contribution in [0, 0.1) is 5.92 Å². The second kappa shape index (κ2) is 10.2. The van der Waals surface area contributed by atoms with Crippen LogP contribution >= 0.6 is 0 Å². The highest BCUT2D eigenvalue weighted by atomic mass is 16.5. The molecular weight excluding hydrogens is 238 g/mol. The minimum absolute atomic E-state index is 0.0609. The van der Waals surface area contributed by atoms with E-state index in [4.69, 9.17) is 4.74 Å². The minimum Gasteiger partial charge on any atom is -0.376 e. The zero-order valence-corrected chi connectivity index (χ0v) is 13.6. The quantitative estimate of drug-likeness (QED) is 0.579. The lowest BCUT2D eigenvalue weighted by Crippen LogP contribution is -2.27. The average Bonchev–Trinajstić information content (AvgIpc) is 2.37. The Hall–Kier alpha value is -0.570. The summed E-state index contributed by atoms with van der Waals surface area (Å²) in [5.74, 6) is 0.239. The molecule has 1 atom stereocenters. The van der Waals surface area contributed by atoms with Crippen molar-refractivity contribution in [1.82, 2.24) is 5.32 Å². The monoisotopic (exact) mass is 271 g/mol. The first-order valence-corrected chi connectivity index (χ1v) is 7.78. The van der Waals surface area contributed by atoms with E-state index in [0.29, 0.717) is 0 Å². The lowest BCUT2D eigenvalue weighted by atomic mass is 9.96. The van der Waals surface area contributed by atoms with E-state index < -0.39 is 0 Å². The van der Waals surface area contributed by atoms with Gasteiger partial charge in [-0.3, -0.25) is 4.79 Å². The summed E-state index contributed by atoms with van der Waals surface area (Å²) in [6.07, 6.45) is 7.97. The second-order valence-corrected chi connectivity index (χ2v) is 6.08. The van der Waals surface area contributed by atoms with Crippen LogP contribution in [-0.2, 0) is 9.53 Å². The van der Waals surface area contributed by atoms with Gasteiger partial charge in [-0.05, 0) is 39.5 Å². The van der Waals surface area contributed by atoms with Gasteiger partial charge in [0.1, 0.15) is 0 Å². The molecule has 3 heteroatoms. The number of nitrogens with one attached hydrogen (secondary N) is 1. The fourth-order valence-corrected chi connectivity index (χ4v) is 2.16. The molecule has 0 aromatic carbocycles. The first kappa shape index (κ1) is 18.4. The number of hydrogen-bond donors (Lipinski definition) is 1. The summed E-state index contributed by atoms with van der Waals surface area (Å²) in [7, 11) is 1.70. The molecule has 0 saturated carbocycles. The van der Waals surface area contributed by atoms with Gasteiger partial charge in [-0.15, -0.1) is 0 Å². The van der Waals surface area contributed by atoms with Gasteiger partial charge in [0.15, 0.2) is 0 Å². The Kier molecular flexibility index (Phi) is 9.94. The summed E-state index contributed by atoms with van der Waals surface area (Å²) in [6, 6.07) is 0. The van der Waals surface area contributed by atoms with E-state index in [2.05, 4.69) is 26.1 Å². The fourth-order valence-electron chi connectivity index (χ4n) is 2.16. The normalized spacial score (nSPS) is 13.3. The van der Waals surface area contributed by atoms with Crippen LogP contribution < -0.4 is 5.32 Å². The number of carbonyl (C=O) groups is 1. The summed E-state index contributed by atoms with van der Waals surface area (Å²) >= 11 is 0. The second-order valence-electron chi connectivity index (χ2n) is 6.08. The Morgan fingerprint density at radius 2 is 1.89 bits per heavy atom. The lowest BCUT2D eigenvalue weighted by molar-refractivity contribution is -0.124. The molecule has 0 aliphatic carbocycles. The number of ether oxygens (including phenoxy) is 1. The number of rotatable bonds is 11. The van der Waals surface area contributed by atoms with Crippen LogP contribution in [-0.4, -0.2) is 25.2 Å². The molecule has 0 aliphatic rings. The van der Waals surface area contributed by atoms with Crippen molar-refractivity contribution in [2.24, 2.45) is 5.92 Å². The number of hydrogen-bond acceptors (Lipinski definition) is 2. The van der Waals surface area contributed by atoms with Crippen molar-refractivity contribution < 1.29 is 9.53 Å². The zero-order valence-electron chi connectivity index (χ0n) is 13.6. The van der Waals surface area contributed by atoms with Gasteiger partial charge in [0.05, 0.1) is 5.60 Å². The lowest BCUT2D eigenvalue weighted by Gasteiger charge is -2.26. The summed E-state index contributed by atoms with van der Waals surface area (Å²) in [4.78, 5) is 11.4. The van der Waals surface area contributed by atoms with Crippen LogP contribution in [0.15, 0.2) is 0 Å². The van der Waals surface area contributed by atoms with Gasteiger partial charge in [0.2, 0.25) is 5.91 Å². The molecule has 0 aromatic rings. The van der Waals surface area contributed by atoms with E-state index in [0.717, 1.165) is 32.3 Å². The number of carbonyl (C=O) groups excluding carboxylic acids is 1. The molecule has 114 valence electrons. The standard InChI is InChI=1S/C16H33NO2/c1-6-7-8-9-13-19-16(3,4)12-10-11-14(2)15(18)17-5/h14H,6-13H2,1-5H3,(H,17,18). The first-order chi connectivity index (χ1) is 8.93. The predicted octanol–water partition coefficient (Wildman–Crippen LogP) is 3.91. The summed E-state index contributed by atoms with van der Waals surface area (Å²) in [5.41, 5.74) is -0.0609. The molecule has 0 rings (SSSR count). The molecule has 0 saturated heterocycles. The number of amides is 1. The molecule has 0 bridgehead atoms. The van der Waals surface area contributed by atoms with Crippen molar-refractivity contribution >= 4 is 5.91 Å². The van der Waals surface area contributed by atoms with Gasteiger partial charge in [-0.1, -0.05) is 33.1 Å². The molecule has 0 heterocycles. The molecular formula is C16H33NO2. The molecule has 0 radical (unpaired) electrons. The van der Waals surface area contributed by atoms with Gasteiger partial charge >= 0.3 is 0 Å². The highest BCUT2D eigenvalue weighted by molar-refractivity contribution is 5.77. The Balaban J connectivity index is 3.69. The molecule has 1 amide bonds. The fraction of sp³-hybridized carbons (Fsp3) is 0.938. The van der Waals surface area contributed by atoms with Crippen molar-refractivity contribution in [2.45, 2.75) is 78.2 Å². The Morgan fingerprint density at radius 1 is 1.21 bits per heavy atom. The summed E-state index contributed by atoms with van der Waals surface area (Å²) in [6.45, 7) is 9.36. The van der Waals surface area contributed by atoms with Crippen LogP contribution in [0.4, 0.5) is 0 Å². The Labute approximate surface area is 119 Å².